The molecule has 0 N–H and O–H groups in total. The molecule has 0 bridgehead atoms. The average molecular weight is 986 g/mol. The van der Waals surface area contributed by atoms with Crippen LogP contribution in [0.25, 0.3) is 0 Å². The van der Waals surface area contributed by atoms with Gasteiger partial charge in [0.15, 0.2) is 6.10 Å². The fourth-order valence-corrected chi connectivity index (χ4v) is 7.95. The van der Waals surface area contributed by atoms with Crippen LogP contribution in [0.1, 0.15) is 265 Å². The number of allylic oxidation sites excluding steroid dienone is 18. The molecule has 1 atom stereocenters. The first-order valence-corrected chi connectivity index (χ1v) is 29.4. The van der Waals surface area contributed by atoms with Gasteiger partial charge in [-0.15, -0.1) is 0 Å². The molecule has 0 heterocycles. The summed E-state index contributed by atoms with van der Waals surface area (Å²) in [5.74, 6) is -0.992. The Morgan fingerprint density at radius 2 is 0.577 bits per heavy atom. The van der Waals surface area contributed by atoms with Crippen molar-refractivity contribution in [2.75, 3.05) is 13.2 Å². The summed E-state index contributed by atoms with van der Waals surface area (Å²) in [7, 11) is 0. The molecule has 0 aliphatic heterocycles. The summed E-state index contributed by atoms with van der Waals surface area (Å²) in [6.07, 6.45) is 80.0. The Morgan fingerprint density at radius 1 is 0.296 bits per heavy atom. The number of rotatable bonds is 52. The Morgan fingerprint density at radius 3 is 0.915 bits per heavy atom. The van der Waals surface area contributed by atoms with Gasteiger partial charge in [-0.25, -0.2) is 0 Å². The highest BCUT2D eigenvalue weighted by Crippen LogP contribution is 2.16. The van der Waals surface area contributed by atoms with Gasteiger partial charge in [0.1, 0.15) is 13.2 Å². The molecule has 0 aromatic heterocycles. The van der Waals surface area contributed by atoms with E-state index >= 15 is 0 Å². The summed E-state index contributed by atoms with van der Waals surface area (Å²) >= 11 is 0. The van der Waals surface area contributed by atoms with Gasteiger partial charge < -0.3 is 14.2 Å². The lowest BCUT2D eigenvalue weighted by molar-refractivity contribution is -0.166. The van der Waals surface area contributed by atoms with E-state index < -0.39 is 12.1 Å². The number of hydrogen-bond donors (Lipinski definition) is 0. The third kappa shape index (κ3) is 56.9. The van der Waals surface area contributed by atoms with Gasteiger partial charge in [-0.2, -0.15) is 0 Å². The van der Waals surface area contributed by atoms with E-state index in [1.165, 1.54) is 122 Å². The number of carbonyl (C=O) groups excluding carboxylic acids is 3. The molecule has 0 fully saturated rings. The first-order chi connectivity index (χ1) is 35.0. The van der Waals surface area contributed by atoms with Crippen molar-refractivity contribution in [3.63, 3.8) is 0 Å². The van der Waals surface area contributed by atoms with Gasteiger partial charge in [0.05, 0.1) is 0 Å². The minimum atomic E-state index is -0.811. The predicted octanol–water partition coefficient (Wildman–Crippen LogP) is 19.9. The maximum atomic E-state index is 12.7. The molecule has 0 aromatic rings. The number of carbonyl (C=O) groups is 3. The minimum Gasteiger partial charge on any atom is -0.462 e. The fraction of sp³-hybridized carbons (Fsp3) is 0.677. The molecule has 404 valence electrons. The molecule has 0 aromatic carbocycles. The monoisotopic (exact) mass is 985 g/mol. The molecule has 0 aliphatic carbocycles. The molecular weight excluding hydrogens is 877 g/mol. The topological polar surface area (TPSA) is 78.9 Å². The van der Waals surface area contributed by atoms with Crippen molar-refractivity contribution in [3.05, 3.63) is 109 Å². The number of hydrogen-bond acceptors (Lipinski definition) is 6. The highest BCUT2D eigenvalue weighted by atomic mass is 16.6. The Kier molecular flexibility index (Phi) is 55.4. The molecule has 0 rings (SSSR count). The van der Waals surface area contributed by atoms with E-state index in [1.54, 1.807) is 0 Å². The Bertz CT molecular complexity index is 1460. The molecule has 0 spiro atoms. The van der Waals surface area contributed by atoms with Crippen LogP contribution in [0, 0.1) is 0 Å². The zero-order valence-electron chi connectivity index (χ0n) is 46.2. The van der Waals surface area contributed by atoms with Crippen molar-refractivity contribution in [3.8, 4) is 0 Å². The van der Waals surface area contributed by atoms with Crippen molar-refractivity contribution in [1.82, 2.24) is 0 Å². The lowest BCUT2D eigenvalue weighted by atomic mass is 10.0. The smallest absolute Gasteiger partial charge is 0.306 e. The van der Waals surface area contributed by atoms with E-state index in [4.69, 9.17) is 14.2 Å². The van der Waals surface area contributed by atoms with Crippen molar-refractivity contribution < 1.29 is 28.6 Å². The van der Waals surface area contributed by atoms with Crippen LogP contribution in [0.2, 0.25) is 0 Å². The minimum absolute atomic E-state index is 0.104. The second-order valence-electron chi connectivity index (χ2n) is 19.1. The molecule has 71 heavy (non-hydrogen) atoms. The van der Waals surface area contributed by atoms with Crippen LogP contribution in [0.3, 0.4) is 0 Å². The van der Waals surface area contributed by atoms with Gasteiger partial charge in [-0.05, 0) is 89.9 Å². The van der Waals surface area contributed by atoms with E-state index in [9.17, 15) is 14.4 Å². The van der Waals surface area contributed by atoms with E-state index in [0.717, 1.165) is 96.3 Å². The van der Waals surface area contributed by atoms with E-state index in [1.807, 2.05) is 12.2 Å². The maximum Gasteiger partial charge on any atom is 0.306 e. The van der Waals surface area contributed by atoms with Crippen LogP contribution in [0.4, 0.5) is 0 Å². The van der Waals surface area contributed by atoms with Crippen LogP contribution >= 0.6 is 0 Å². The summed E-state index contributed by atoms with van der Waals surface area (Å²) in [4.78, 5) is 37.8. The van der Waals surface area contributed by atoms with Crippen LogP contribution in [0.5, 0.6) is 0 Å². The number of ether oxygens (including phenoxy) is 3. The molecule has 0 saturated heterocycles. The fourth-order valence-electron chi connectivity index (χ4n) is 7.95. The van der Waals surface area contributed by atoms with Crippen LogP contribution in [-0.4, -0.2) is 37.2 Å². The second-order valence-corrected chi connectivity index (χ2v) is 19.1. The van der Waals surface area contributed by atoms with Crippen LogP contribution < -0.4 is 0 Å². The quantitative estimate of drug-likeness (QED) is 0.0261. The highest BCUT2D eigenvalue weighted by Gasteiger charge is 2.19. The van der Waals surface area contributed by atoms with Crippen molar-refractivity contribution in [2.24, 2.45) is 0 Å². The zero-order valence-corrected chi connectivity index (χ0v) is 46.2. The Labute approximate surface area is 438 Å². The zero-order chi connectivity index (χ0) is 51.4. The average Bonchev–Trinajstić information content (AvgIpc) is 3.37. The molecule has 6 nitrogen and oxygen atoms in total. The highest BCUT2D eigenvalue weighted by molar-refractivity contribution is 5.71. The van der Waals surface area contributed by atoms with Crippen molar-refractivity contribution in [1.29, 1.82) is 0 Å². The van der Waals surface area contributed by atoms with Crippen molar-refractivity contribution in [2.45, 2.75) is 271 Å². The van der Waals surface area contributed by atoms with E-state index in [0.29, 0.717) is 19.3 Å². The summed E-state index contributed by atoms with van der Waals surface area (Å²) in [5.41, 5.74) is 0. The molecule has 0 amide bonds. The van der Waals surface area contributed by atoms with Crippen LogP contribution in [-0.2, 0) is 28.6 Å². The van der Waals surface area contributed by atoms with Gasteiger partial charge in [-0.3, -0.25) is 14.4 Å². The summed E-state index contributed by atoms with van der Waals surface area (Å²) in [6.45, 7) is 6.30. The number of esters is 3. The molecule has 0 saturated carbocycles. The first kappa shape index (κ1) is 67.1. The second kappa shape index (κ2) is 58.6. The standard InChI is InChI=1S/C65H108O6/c1-4-7-10-13-16-18-20-22-23-24-25-26-27-28-29-30-31-32-33-34-35-36-37-38-39-40-41-43-44-46-49-52-55-58-64(67)70-61-62(60-69-63(66)57-54-51-48-15-12-9-6-3)71-65(68)59-56-53-50-47-45-42-21-19-17-14-11-8-5-2/h7-8,10-11,16-19,22-23,25-26,28-29,42,45,50,53,62H,4-6,9,12-15,20-21,24,27,30-41,43-44,46-49,51-52,54-61H2,1-3H3/b10-7-,11-8-,18-16-,19-17-,23-22-,26-25-,29-28-,45-42-,53-50-. The van der Waals surface area contributed by atoms with E-state index in [-0.39, 0.29) is 31.6 Å². The molecule has 1 unspecified atom stereocenters. The van der Waals surface area contributed by atoms with Gasteiger partial charge >= 0.3 is 17.9 Å². The summed E-state index contributed by atoms with van der Waals surface area (Å²) in [5, 5.41) is 0. The lowest BCUT2D eigenvalue weighted by Gasteiger charge is -2.18. The lowest BCUT2D eigenvalue weighted by Crippen LogP contribution is -2.30. The largest absolute Gasteiger partial charge is 0.462 e. The van der Waals surface area contributed by atoms with Crippen LogP contribution in [0.15, 0.2) is 109 Å². The molecule has 6 heteroatoms. The van der Waals surface area contributed by atoms with Gasteiger partial charge in [-0.1, -0.05) is 265 Å². The summed E-state index contributed by atoms with van der Waals surface area (Å²) < 4.78 is 16.7. The Hall–Kier alpha value is -3.93. The third-order valence-corrected chi connectivity index (χ3v) is 12.3. The number of unbranched alkanes of at least 4 members (excludes halogenated alkanes) is 23. The normalized spacial score (nSPS) is 12.9. The summed E-state index contributed by atoms with van der Waals surface area (Å²) in [6, 6.07) is 0. The predicted molar refractivity (Wildman–Crippen MR) is 307 cm³/mol. The molecular formula is C65H108O6. The van der Waals surface area contributed by atoms with Gasteiger partial charge in [0.2, 0.25) is 0 Å². The molecule has 0 radical (unpaired) electrons. The maximum absolute atomic E-state index is 12.7. The van der Waals surface area contributed by atoms with Gasteiger partial charge in [0.25, 0.3) is 0 Å². The molecule has 0 aliphatic rings. The van der Waals surface area contributed by atoms with E-state index in [2.05, 4.69) is 118 Å². The SMILES string of the molecule is CC/C=C\C/C=C\C/C=C\C/C=C\C/C=C\CCCCCCCCCCCCCCCCCCCC(=O)OCC(COC(=O)CCCCCCCCC)OC(=O)CC/C=C\C/C=C\C/C=C\C/C=C\CC. The third-order valence-electron chi connectivity index (χ3n) is 12.3. The Balaban J connectivity index is 4.04. The van der Waals surface area contributed by atoms with Gasteiger partial charge in [0, 0.05) is 19.3 Å². The first-order valence-electron chi connectivity index (χ1n) is 29.4. The van der Waals surface area contributed by atoms with Crippen molar-refractivity contribution >= 4 is 17.9 Å².